The fourth-order valence-corrected chi connectivity index (χ4v) is 2.32. The number of hydrogen-bond donors (Lipinski definition) is 2. The average molecular weight is 299 g/mol. The van der Waals surface area contributed by atoms with E-state index in [1.807, 2.05) is 19.9 Å². The van der Waals surface area contributed by atoms with Crippen LogP contribution in [0.1, 0.15) is 39.7 Å². The normalized spacial score (nSPS) is 14.1. The van der Waals surface area contributed by atoms with Gasteiger partial charge in [-0.2, -0.15) is 0 Å². The largest absolute Gasteiger partial charge is 0.353 e. The lowest BCUT2D eigenvalue weighted by Crippen LogP contribution is -2.41. The highest BCUT2D eigenvalue weighted by Gasteiger charge is 2.24. The SMILES string of the molecule is CC(CC(C)(C)c1ccccc1)NC(=O)C(C)CN.Cl. The first-order valence-electron chi connectivity index (χ1n) is 6.93. The van der Waals surface area contributed by atoms with Gasteiger partial charge in [0, 0.05) is 18.5 Å². The van der Waals surface area contributed by atoms with Crippen molar-refractivity contribution < 1.29 is 4.79 Å². The second-order valence-corrected chi connectivity index (χ2v) is 6.00. The Morgan fingerprint density at radius 1 is 1.25 bits per heavy atom. The lowest BCUT2D eigenvalue weighted by molar-refractivity contribution is -0.124. The Balaban J connectivity index is 0.00000361. The Morgan fingerprint density at radius 3 is 2.30 bits per heavy atom. The Morgan fingerprint density at radius 2 is 1.80 bits per heavy atom. The molecule has 1 rings (SSSR count). The van der Waals surface area contributed by atoms with Crippen LogP contribution in [0.5, 0.6) is 0 Å². The van der Waals surface area contributed by atoms with Gasteiger partial charge in [0.1, 0.15) is 0 Å². The number of hydrogen-bond acceptors (Lipinski definition) is 2. The van der Waals surface area contributed by atoms with Crippen LogP contribution in [0.4, 0.5) is 0 Å². The number of rotatable bonds is 6. The van der Waals surface area contributed by atoms with E-state index in [-0.39, 0.29) is 35.7 Å². The molecule has 0 bridgehead atoms. The van der Waals surface area contributed by atoms with Crippen LogP contribution >= 0.6 is 12.4 Å². The maximum absolute atomic E-state index is 11.8. The van der Waals surface area contributed by atoms with Crippen LogP contribution in [0.3, 0.4) is 0 Å². The van der Waals surface area contributed by atoms with Gasteiger partial charge in [0.15, 0.2) is 0 Å². The molecule has 1 aromatic carbocycles. The fraction of sp³-hybridized carbons (Fsp3) is 0.562. The molecular weight excluding hydrogens is 272 g/mol. The maximum atomic E-state index is 11.8. The van der Waals surface area contributed by atoms with E-state index < -0.39 is 0 Å². The number of carbonyl (C=O) groups is 1. The summed E-state index contributed by atoms with van der Waals surface area (Å²) >= 11 is 0. The number of benzene rings is 1. The van der Waals surface area contributed by atoms with Crippen LogP contribution in [-0.4, -0.2) is 18.5 Å². The van der Waals surface area contributed by atoms with Crippen molar-refractivity contribution in [3.05, 3.63) is 35.9 Å². The summed E-state index contributed by atoms with van der Waals surface area (Å²) in [4.78, 5) is 11.8. The summed E-state index contributed by atoms with van der Waals surface area (Å²) in [7, 11) is 0. The van der Waals surface area contributed by atoms with E-state index in [2.05, 4.69) is 43.4 Å². The minimum atomic E-state index is -0.123. The first-order chi connectivity index (χ1) is 8.86. The number of carbonyl (C=O) groups excluding carboxylic acids is 1. The van der Waals surface area contributed by atoms with Crippen molar-refractivity contribution in [3.8, 4) is 0 Å². The minimum Gasteiger partial charge on any atom is -0.353 e. The molecule has 0 aromatic heterocycles. The predicted molar refractivity (Wildman–Crippen MR) is 87.2 cm³/mol. The molecule has 0 aliphatic rings. The molecule has 2 atom stereocenters. The Bertz CT molecular complexity index is 406. The number of nitrogens with one attached hydrogen (secondary N) is 1. The molecular formula is C16H27ClN2O. The quantitative estimate of drug-likeness (QED) is 0.848. The lowest BCUT2D eigenvalue weighted by Gasteiger charge is -2.29. The fourth-order valence-electron chi connectivity index (χ4n) is 2.32. The van der Waals surface area contributed by atoms with Gasteiger partial charge in [-0.1, -0.05) is 51.1 Å². The summed E-state index contributed by atoms with van der Waals surface area (Å²) in [6, 6.07) is 10.5. The highest BCUT2D eigenvalue weighted by molar-refractivity contribution is 5.85. The van der Waals surface area contributed by atoms with E-state index in [1.54, 1.807) is 0 Å². The van der Waals surface area contributed by atoms with E-state index >= 15 is 0 Å². The summed E-state index contributed by atoms with van der Waals surface area (Å²) < 4.78 is 0. The van der Waals surface area contributed by atoms with Gasteiger partial charge in [0.05, 0.1) is 0 Å². The molecule has 3 nitrogen and oxygen atoms in total. The molecule has 1 amide bonds. The monoisotopic (exact) mass is 298 g/mol. The predicted octanol–water partition coefficient (Wildman–Crippen LogP) is 2.88. The summed E-state index contributed by atoms with van der Waals surface area (Å²) in [5.41, 5.74) is 6.84. The van der Waals surface area contributed by atoms with Crippen LogP contribution in [0, 0.1) is 5.92 Å². The van der Waals surface area contributed by atoms with Crippen LogP contribution in [0.25, 0.3) is 0 Å². The molecule has 3 N–H and O–H groups in total. The molecule has 0 saturated carbocycles. The Kier molecular flexibility index (Phi) is 7.84. The zero-order valence-corrected chi connectivity index (χ0v) is 13.7. The minimum absolute atomic E-state index is 0. The zero-order valence-electron chi connectivity index (χ0n) is 12.8. The van der Waals surface area contributed by atoms with Gasteiger partial charge in [-0.25, -0.2) is 0 Å². The highest BCUT2D eigenvalue weighted by Crippen LogP contribution is 2.28. The van der Waals surface area contributed by atoms with Gasteiger partial charge in [-0.05, 0) is 24.3 Å². The summed E-state index contributed by atoms with van der Waals surface area (Å²) in [5.74, 6) is -0.0823. The van der Waals surface area contributed by atoms with Gasteiger partial charge in [0.25, 0.3) is 0 Å². The third-order valence-corrected chi connectivity index (χ3v) is 3.56. The van der Waals surface area contributed by atoms with Crippen molar-refractivity contribution in [2.45, 2.75) is 45.6 Å². The molecule has 0 aliphatic carbocycles. The third kappa shape index (κ3) is 5.51. The van der Waals surface area contributed by atoms with Crippen LogP contribution in [0.15, 0.2) is 30.3 Å². The maximum Gasteiger partial charge on any atom is 0.224 e. The van der Waals surface area contributed by atoms with Crippen molar-refractivity contribution in [1.82, 2.24) is 5.32 Å². The van der Waals surface area contributed by atoms with Crippen LogP contribution in [0.2, 0.25) is 0 Å². The topological polar surface area (TPSA) is 55.1 Å². The van der Waals surface area contributed by atoms with Crippen molar-refractivity contribution in [2.24, 2.45) is 11.7 Å². The molecule has 20 heavy (non-hydrogen) atoms. The number of nitrogens with two attached hydrogens (primary N) is 1. The van der Waals surface area contributed by atoms with Crippen molar-refractivity contribution >= 4 is 18.3 Å². The van der Waals surface area contributed by atoms with Gasteiger partial charge in [-0.3, -0.25) is 4.79 Å². The first-order valence-corrected chi connectivity index (χ1v) is 6.93. The van der Waals surface area contributed by atoms with Gasteiger partial charge in [0.2, 0.25) is 5.91 Å². The van der Waals surface area contributed by atoms with Gasteiger partial charge >= 0.3 is 0 Å². The van der Waals surface area contributed by atoms with Crippen molar-refractivity contribution in [1.29, 1.82) is 0 Å². The lowest BCUT2D eigenvalue weighted by atomic mass is 9.79. The Labute approximate surface area is 128 Å². The molecule has 0 heterocycles. The van der Waals surface area contributed by atoms with Crippen molar-refractivity contribution in [2.75, 3.05) is 6.54 Å². The molecule has 1 aromatic rings. The van der Waals surface area contributed by atoms with Gasteiger partial charge in [-0.15, -0.1) is 12.4 Å². The van der Waals surface area contributed by atoms with E-state index in [1.165, 1.54) is 5.56 Å². The summed E-state index contributed by atoms with van der Waals surface area (Å²) in [6.07, 6.45) is 0.903. The van der Waals surface area contributed by atoms with Crippen molar-refractivity contribution in [3.63, 3.8) is 0 Å². The number of halogens is 1. The first kappa shape index (κ1) is 18.9. The van der Waals surface area contributed by atoms with Gasteiger partial charge < -0.3 is 11.1 Å². The van der Waals surface area contributed by atoms with Crippen LogP contribution in [-0.2, 0) is 10.2 Å². The van der Waals surface area contributed by atoms with E-state index in [9.17, 15) is 4.79 Å². The number of amides is 1. The van der Waals surface area contributed by atoms with E-state index in [0.717, 1.165) is 6.42 Å². The standard InChI is InChI=1S/C16H26N2O.ClH/c1-12(11-17)15(19)18-13(2)10-16(3,4)14-8-6-5-7-9-14;/h5-9,12-13H,10-11,17H2,1-4H3,(H,18,19);1H. The smallest absolute Gasteiger partial charge is 0.224 e. The molecule has 0 spiro atoms. The molecule has 4 heteroatoms. The molecule has 114 valence electrons. The molecule has 0 radical (unpaired) electrons. The second-order valence-electron chi connectivity index (χ2n) is 6.00. The molecule has 2 unspecified atom stereocenters. The average Bonchev–Trinajstić information content (AvgIpc) is 2.38. The second kappa shape index (κ2) is 8.28. The molecule has 0 saturated heterocycles. The summed E-state index contributed by atoms with van der Waals surface area (Å²) in [6.45, 7) is 8.70. The zero-order chi connectivity index (χ0) is 14.5. The van der Waals surface area contributed by atoms with E-state index in [0.29, 0.717) is 6.54 Å². The van der Waals surface area contributed by atoms with Crippen LogP contribution < -0.4 is 11.1 Å². The molecule has 0 fully saturated rings. The Hall–Kier alpha value is -1.06. The summed E-state index contributed by atoms with van der Waals surface area (Å²) in [5, 5.41) is 3.04. The molecule has 0 aliphatic heterocycles. The van der Waals surface area contributed by atoms with E-state index in [4.69, 9.17) is 5.73 Å². The third-order valence-electron chi connectivity index (χ3n) is 3.56. The highest BCUT2D eigenvalue weighted by atomic mass is 35.5.